The van der Waals surface area contributed by atoms with E-state index in [-0.39, 0.29) is 5.91 Å². The number of aromatic nitrogens is 5. The molecule has 8 nitrogen and oxygen atoms in total. The number of H-pyrrole nitrogens is 1. The zero-order valence-electron chi connectivity index (χ0n) is 12.5. The van der Waals surface area contributed by atoms with Crippen LogP contribution in [0, 0.1) is 6.92 Å². The highest BCUT2D eigenvalue weighted by Crippen LogP contribution is 2.21. The summed E-state index contributed by atoms with van der Waals surface area (Å²) in [5.74, 6) is 1.42. The molecule has 0 radical (unpaired) electrons. The summed E-state index contributed by atoms with van der Waals surface area (Å²) in [6, 6.07) is 3.48. The van der Waals surface area contributed by atoms with E-state index in [1.165, 1.54) is 29.6 Å². The van der Waals surface area contributed by atoms with Crippen molar-refractivity contribution in [2.75, 3.05) is 7.05 Å². The average molecular weight is 350 g/mol. The lowest BCUT2D eigenvalue weighted by Crippen LogP contribution is -2.25. The Labute approximate surface area is 140 Å². The first-order valence-corrected chi connectivity index (χ1v) is 8.49. The molecule has 0 aliphatic heterocycles. The van der Waals surface area contributed by atoms with Gasteiger partial charge in [0.2, 0.25) is 0 Å². The number of furan rings is 1. The fourth-order valence-electron chi connectivity index (χ4n) is 1.85. The van der Waals surface area contributed by atoms with E-state index in [0.717, 1.165) is 10.6 Å². The van der Waals surface area contributed by atoms with Crippen molar-refractivity contribution in [3.8, 4) is 0 Å². The monoisotopic (exact) mass is 350 g/mol. The summed E-state index contributed by atoms with van der Waals surface area (Å²) in [4.78, 5) is 19.0. The summed E-state index contributed by atoms with van der Waals surface area (Å²) in [6.07, 6.45) is 1.45. The third-order valence-electron chi connectivity index (χ3n) is 3.09. The van der Waals surface area contributed by atoms with Crippen LogP contribution in [0.3, 0.4) is 0 Å². The maximum atomic E-state index is 12.4. The van der Waals surface area contributed by atoms with Crippen LogP contribution in [-0.4, -0.2) is 42.6 Å². The Hall–Kier alpha value is -2.20. The third-order valence-corrected chi connectivity index (χ3v) is 4.80. The van der Waals surface area contributed by atoms with Gasteiger partial charge in [0.1, 0.15) is 12.1 Å². The number of rotatable bonds is 6. The maximum Gasteiger partial charge on any atom is 0.289 e. The molecular weight excluding hydrogens is 336 g/mol. The Morgan fingerprint density at radius 1 is 1.48 bits per heavy atom. The van der Waals surface area contributed by atoms with Gasteiger partial charge in [0.15, 0.2) is 10.9 Å². The molecule has 3 aromatic rings. The van der Waals surface area contributed by atoms with Gasteiger partial charge in [-0.05, 0) is 30.6 Å². The summed E-state index contributed by atoms with van der Waals surface area (Å²) in [5, 5.41) is 11.2. The molecule has 1 amide bonds. The summed E-state index contributed by atoms with van der Waals surface area (Å²) >= 11 is 2.75. The van der Waals surface area contributed by atoms with Gasteiger partial charge in [0.05, 0.1) is 22.9 Å². The van der Waals surface area contributed by atoms with Crippen LogP contribution in [0.5, 0.6) is 0 Å². The number of thioether (sulfide) groups is 1. The van der Waals surface area contributed by atoms with Crippen LogP contribution in [0.25, 0.3) is 0 Å². The van der Waals surface area contributed by atoms with E-state index in [4.69, 9.17) is 4.42 Å². The van der Waals surface area contributed by atoms with E-state index in [0.29, 0.717) is 29.0 Å². The Bertz CT molecular complexity index is 782. The zero-order valence-corrected chi connectivity index (χ0v) is 14.1. The van der Waals surface area contributed by atoms with Crippen molar-refractivity contribution in [2.45, 2.75) is 24.4 Å². The number of aryl methyl sites for hydroxylation is 1. The van der Waals surface area contributed by atoms with Gasteiger partial charge in [-0.15, -0.1) is 5.10 Å². The van der Waals surface area contributed by atoms with Gasteiger partial charge in [-0.25, -0.2) is 4.98 Å². The Kier molecular flexibility index (Phi) is 4.72. The van der Waals surface area contributed by atoms with Gasteiger partial charge in [-0.3, -0.25) is 9.89 Å². The minimum absolute atomic E-state index is 0.172. The second-order valence-electron chi connectivity index (χ2n) is 4.79. The van der Waals surface area contributed by atoms with Crippen molar-refractivity contribution in [2.24, 2.45) is 0 Å². The Morgan fingerprint density at radius 3 is 3.04 bits per heavy atom. The number of hydrogen-bond acceptors (Lipinski definition) is 8. The molecule has 0 fully saturated rings. The molecule has 0 aliphatic rings. The van der Waals surface area contributed by atoms with Gasteiger partial charge in [0.25, 0.3) is 5.91 Å². The van der Waals surface area contributed by atoms with E-state index in [1.807, 2.05) is 6.92 Å². The van der Waals surface area contributed by atoms with Crippen molar-refractivity contribution < 1.29 is 9.21 Å². The highest BCUT2D eigenvalue weighted by atomic mass is 32.2. The first-order chi connectivity index (χ1) is 11.1. The van der Waals surface area contributed by atoms with E-state index >= 15 is 0 Å². The molecule has 0 saturated carbocycles. The largest absolute Gasteiger partial charge is 0.455 e. The quantitative estimate of drug-likeness (QED) is 0.680. The number of carbonyl (C=O) groups excluding carboxylic acids is 1. The van der Waals surface area contributed by atoms with Crippen LogP contribution >= 0.6 is 23.3 Å². The molecule has 10 heteroatoms. The van der Waals surface area contributed by atoms with Crippen LogP contribution in [0.15, 0.2) is 28.0 Å². The molecule has 120 valence electrons. The SMILES string of the molecule is Cc1nnsc1CN(C)C(=O)c1ccc(CSc2ncn[nH]2)o1. The lowest BCUT2D eigenvalue weighted by atomic mass is 10.3. The number of hydrogen-bond donors (Lipinski definition) is 1. The van der Waals surface area contributed by atoms with E-state index in [1.54, 1.807) is 24.1 Å². The molecule has 3 rings (SSSR count). The van der Waals surface area contributed by atoms with Crippen LogP contribution < -0.4 is 0 Å². The van der Waals surface area contributed by atoms with E-state index in [2.05, 4.69) is 24.8 Å². The topological polar surface area (TPSA) is 101 Å². The first kappa shape index (κ1) is 15.7. The lowest BCUT2D eigenvalue weighted by molar-refractivity contribution is 0.0753. The van der Waals surface area contributed by atoms with Crippen LogP contribution in [0.1, 0.15) is 26.9 Å². The molecule has 0 bridgehead atoms. The Morgan fingerprint density at radius 2 is 2.35 bits per heavy atom. The maximum absolute atomic E-state index is 12.4. The predicted molar refractivity (Wildman–Crippen MR) is 85.1 cm³/mol. The van der Waals surface area contributed by atoms with Crippen LogP contribution in [0.4, 0.5) is 0 Å². The number of amides is 1. The van der Waals surface area contributed by atoms with Crippen molar-refractivity contribution in [3.05, 3.63) is 40.6 Å². The van der Waals surface area contributed by atoms with Crippen molar-refractivity contribution in [3.63, 3.8) is 0 Å². The van der Waals surface area contributed by atoms with Gasteiger partial charge in [-0.1, -0.05) is 16.3 Å². The van der Waals surface area contributed by atoms with Crippen molar-refractivity contribution in [1.82, 2.24) is 29.7 Å². The molecular formula is C13H14N6O2S2. The van der Waals surface area contributed by atoms with E-state index in [9.17, 15) is 4.79 Å². The van der Waals surface area contributed by atoms with E-state index < -0.39 is 0 Å². The Balaban J connectivity index is 1.60. The molecule has 0 spiro atoms. The van der Waals surface area contributed by atoms with Crippen LogP contribution in [0.2, 0.25) is 0 Å². The summed E-state index contributed by atoms with van der Waals surface area (Å²) in [6.45, 7) is 2.34. The number of nitrogens with one attached hydrogen (secondary N) is 1. The second kappa shape index (κ2) is 6.92. The summed E-state index contributed by atoms with van der Waals surface area (Å²) in [5.41, 5.74) is 0.846. The molecule has 3 heterocycles. The normalized spacial score (nSPS) is 10.9. The van der Waals surface area contributed by atoms with Crippen molar-refractivity contribution >= 4 is 29.2 Å². The smallest absolute Gasteiger partial charge is 0.289 e. The first-order valence-electron chi connectivity index (χ1n) is 6.73. The molecule has 3 aromatic heterocycles. The molecule has 0 saturated heterocycles. The molecule has 0 atom stereocenters. The standard InChI is InChI=1S/C13H14N6O2S2/c1-8-11(23-18-16-8)5-19(2)12(20)10-4-3-9(21-10)6-22-13-14-7-15-17-13/h3-4,7H,5-6H2,1-2H3,(H,14,15,17). The number of aromatic amines is 1. The second-order valence-corrected chi connectivity index (χ2v) is 6.59. The highest BCUT2D eigenvalue weighted by molar-refractivity contribution is 7.98. The molecule has 1 N–H and O–H groups in total. The molecule has 23 heavy (non-hydrogen) atoms. The van der Waals surface area contributed by atoms with Gasteiger partial charge in [0, 0.05) is 7.05 Å². The average Bonchev–Trinajstić information content (AvgIpc) is 3.27. The summed E-state index contributed by atoms with van der Waals surface area (Å²) in [7, 11) is 1.73. The molecule has 0 aliphatic carbocycles. The molecule has 0 unspecified atom stereocenters. The zero-order chi connectivity index (χ0) is 16.2. The van der Waals surface area contributed by atoms with Crippen molar-refractivity contribution in [1.29, 1.82) is 0 Å². The molecule has 0 aromatic carbocycles. The fourth-order valence-corrected chi connectivity index (χ4v) is 3.20. The van der Waals surface area contributed by atoms with Gasteiger partial charge < -0.3 is 9.32 Å². The lowest BCUT2D eigenvalue weighted by Gasteiger charge is -2.14. The fraction of sp³-hybridized carbons (Fsp3) is 0.308. The highest BCUT2D eigenvalue weighted by Gasteiger charge is 2.18. The minimum Gasteiger partial charge on any atom is -0.455 e. The van der Waals surface area contributed by atoms with Gasteiger partial charge in [-0.2, -0.15) is 5.10 Å². The number of nitrogens with zero attached hydrogens (tertiary/aromatic N) is 5. The predicted octanol–water partition coefficient (Wildman–Crippen LogP) is 2.12. The van der Waals surface area contributed by atoms with Crippen LogP contribution in [-0.2, 0) is 12.3 Å². The third kappa shape index (κ3) is 3.77. The number of carbonyl (C=O) groups is 1. The summed E-state index contributed by atoms with van der Waals surface area (Å²) < 4.78 is 9.49. The van der Waals surface area contributed by atoms with Gasteiger partial charge >= 0.3 is 0 Å². The minimum atomic E-state index is -0.172.